The second-order valence-electron chi connectivity index (χ2n) is 7.45. The van der Waals surface area contributed by atoms with Crippen molar-refractivity contribution in [1.29, 1.82) is 0 Å². The van der Waals surface area contributed by atoms with Crippen LogP contribution in [-0.4, -0.2) is 72.8 Å². The van der Waals surface area contributed by atoms with Crippen molar-refractivity contribution in [2.45, 2.75) is 44.6 Å². The first-order valence-corrected chi connectivity index (χ1v) is 11.8. The third-order valence-electron chi connectivity index (χ3n) is 4.80. The van der Waals surface area contributed by atoms with E-state index in [2.05, 4.69) is 34.4 Å². The molecule has 1 heterocycles. The summed E-state index contributed by atoms with van der Waals surface area (Å²) in [6, 6.07) is 10.4. The fraction of sp³-hybridized carbons (Fsp3) is 0.667. The van der Waals surface area contributed by atoms with Crippen molar-refractivity contribution in [2.75, 3.05) is 45.6 Å². The molecule has 0 saturated carbocycles. The monoisotopic (exact) mass is 408 g/mol. The maximum Gasteiger partial charge on any atom is 0.191 e. The molecule has 0 aromatic heterocycles. The van der Waals surface area contributed by atoms with E-state index in [1.165, 1.54) is 0 Å². The second-order valence-corrected chi connectivity index (χ2v) is 9.03. The first kappa shape index (κ1) is 22.8. The molecule has 158 valence electrons. The molecule has 0 spiro atoms. The number of likely N-dealkylation sites (tertiary alicyclic amines) is 1. The Morgan fingerprint density at radius 2 is 2.00 bits per heavy atom. The first-order chi connectivity index (χ1) is 13.6. The molecule has 2 rings (SSSR count). The summed E-state index contributed by atoms with van der Waals surface area (Å²) in [5.74, 6) is 2.02. The summed E-state index contributed by atoms with van der Waals surface area (Å²) in [7, 11) is 0.915. The van der Waals surface area contributed by atoms with Crippen molar-refractivity contribution in [3.63, 3.8) is 0 Å². The molecule has 0 amide bonds. The molecule has 28 heavy (non-hydrogen) atoms. The standard InChI is InChI=1S/C21H36N4O2S/c1-18(2)27-15-14-25-12-9-20(10-13-25)24-21(22-3)23-11-16-28(26)17-19-7-5-4-6-8-19/h4-8,18,20H,9-17H2,1-3H3,(H2,22,23,24). The number of piperidine rings is 1. The van der Waals surface area contributed by atoms with Crippen molar-refractivity contribution in [3.8, 4) is 0 Å². The number of benzene rings is 1. The van der Waals surface area contributed by atoms with E-state index in [4.69, 9.17) is 4.74 Å². The van der Waals surface area contributed by atoms with Gasteiger partial charge in [0, 0.05) is 61.6 Å². The van der Waals surface area contributed by atoms with E-state index < -0.39 is 10.8 Å². The summed E-state index contributed by atoms with van der Waals surface area (Å²) < 4.78 is 17.9. The molecule has 1 aliphatic rings. The second kappa shape index (κ2) is 12.9. The summed E-state index contributed by atoms with van der Waals surface area (Å²) in [5, 5.41) is 6.81. The molecule has 0 bridgehead atoms. The van der Waals surface area contributed by atoms with E-state index in [1.807, 2.05) is 30.3 Å². The molecule has 0 aliphatic carbocycles. The fourth-order valence-electron chi connectivity index (χ4n) is 3.22. The normalized spacial score (nSPS) is 17.6. The molecule has 1 fully saturated rings. The van der Waals surface area contributed by atoms with E-state index >= 15 is 0 Å². The molecular formula is C21H36N4O2S. The lowest BCUT2D eigenvalue weighted by Crippen LogP contribution is -2.49. The minimum absolute atomic E-state index is 0.302. The van der Waals surface area contributed by atoms with E-state index in [0.717, 1.165) is 50.6 Å². The summed E-state index contributed by atoms with van der Waals surface area (Å²) >= 11 is 0. The van der Waals surface area contributed by atoms with Crippen LogP contribution in [0, 0.1) is 0 Å². The summed E-state index contributed by atoms with van der Waals surface area (Å²) in [6.45, 7) is 8.78. The van der Waals surface area contributed by atoms with Crippen LogP contribution >= 0.6 is 0 Å². The molecular weight excluding hydrogens is 372 g/mol. The van der Waals surface area contributed by atoms with Gasteiger partial charge in [0.15, 0.2) is 5.96 Å². The zero-order chi connectivity index (χ0) is 20.2. The lowest BCUT2D eigenvalue weighted by atomic mass is 10.1. The number of hydrogen-bond acceptors (Lipinski definition) is 4. The van der Waals surface area contributed by atoms with Crippen LogP contribution in [0.1, 0.15) is 32.3 Å². The summed E-state index contributed by atoms with van der Waals surface area (Å²) in [5.41, 5.74) is 1.12. The van der Waals surface area contributed by atoms with E-state index in [-0.39, 0.29) is 0 Å². The molecule has 1 saturated heterocycles. The molecule has 7 heteroatoms. The van der Waals surface area contributed by atoms with Gasteiger partial charge in [-0.3, -0.25) is 9.20 Å². The number of nitrogens with zero attached hydrogens (tertiary/aromatic N) is 2. The molecule has 1 unspecified atom stereocenters. The van der Waals surface area contributed by atoms with Gasteiger partial charge in [-0.2, -0.15) is 0 Å². The quantitative estimate of drug-likeness (QED) is 0.458. The molecule has 6 nitrogen and oxygen atoms in total. The van der Waals surface area contributed by atoms with Crippen LogP contribution in [0.3, 0.4) is 0 Å². The van der Waals surface area contributed by atoms with Gasteiger partial charge in [-0.25, -0.2) is 0 Å². The highest BCUT2D eigenvalue weighted by atomic mass is 32.2. The van der Waals surface area contributed by atoms with Gasteiger partial charge in [0.25, 0.3) is 0 Å². The Morgan fingerprint density at radius 1 is 1.29 bits per heavy atom. The smallest absolute Gasteiger partial charge is 0.191 e. The Morgan fingerprint density at radius 3 is 2.64 bits per heavy atom. The van der Waals surface area contributed by atoms with Crippen LogP contribution in [0.15, 0.2) is 35.3 Å². The van der Waals surface area contributed by atoms with Crippen LogP contribution in [0.4, 0.5) is 0 Å². The highest BCUT2D eigenvalue weighted by molar-refractivity contribution is 7.84. The Balaban J connectivity index is 1.60. The van der Waals surface area contributed by atoms with Crippen LogP contribution in [0.25, 0.3) is 0 Å². The van der Waals surface area contributed by atoms with Gasteiger partial charge in [0.05, 0.1) is 12.7 Å². The van der Waals surface area contributed by atoms with Gasteiger partial charge in [-0.1, -0.05) is 30.3 Å². The largest absolute Gasteiger partial charge is 0.377 e. The number of guanidine groups is 1. The van der Waals surface area contributed by atoms with Crippen LogP contribution in [0.2, 0.25) is 0 Å². The number of rotatable bonds is 10. The van der Waals surface area contributed by atoms with Gasteiger partial charge in [0.1, 0.15) is 0 Å². The number of aliphatic imine (C=N–C) groups is 1. The van der Waals surface area contributed by atoms with Crippen molar-refractivity contribution in [1.82, 2.24) is 15.5 Å². The van der Waals surface area contributed by atoms with Crippen LogP contribution in [-0.2, 0) is 21.3 Å². The molecule has 1 aliphatic heterocycles. The van der Waals surface area contributed by atoms with Gasteiger partial charge in [-0.05, 0) is 32.3 Å². The highest BCUT2D eigenvalue weighted by Crippen LogP contribution is 2.10. The number of nitrogens with one attached hydrogen (secondary N) is 2. The molecule has 1 atom stereocenters. The Hall–Kier alpha value is -1.44. The van der Waals surface area contributed by atoms with E-state index in [1.54, 1.807) is 7.05 Å². The lowest BCUT2D eigenvalue weighted by molar-refractivity contribution is 0.0532. The SMILES string of the molecule is CN=C(NCCS(=O)Cc1ccccc1)NC1CCN(CCOC(C)C)CC1. The van der Waals surface area contributed by atoms with Gasteiger partial charge in [-0.15, -0.1) is 0 Å². The topological polar surface area (TPSA) is 66.0 Å². The van der Waals surface area contributed by atoms with Crippen molar-refractivity contribution in [3.05, 3.63) is 35.9 Å². The predicted molar refractivity (Wildman–Crippen MR) is 118 cm³/mol. The zero-order valence-electron chi connectivity index (χ0n) is 17.5. The third kappa shape index (κ3) is 9.17. The summed E-state index contributed by atoms with van der Waals surface area (Å²) in [6.07, 6.45) is 2.50. The van der Waals surface area contributed by atoms with E-state index in [9.17, 15) is 4.21 Å². The van der Waals surface area contributed by atoms with Gasteiger partial charge >= 0.3 is 0 Å². The van der Waals surface area contributed by atoms with E-state index in [0.29, 0.717) is 30.2 Å². The molecule has 0 radical (unpaired) electrons. The highest BCUT2D eigenvalue weighted by Gasteiger charge is 2.19. The maximum atomic E-state index is 12.2. The molecule has 1 aromatic rings. The maximum absolute atomic E-state index is 12.2. The lowest BCUT2D eigenvalue weighted by Gasteiger charge is -2.33. The first-order valence-electron chi connectivity index (χ1n) is 10.3. The predicted octanol–water partition coefficient (Wildman–Crippen LogP) is 1.99. The third-order valence-corrected chi connectivity index (χ3v) is 6.12. The minimum Gasteiger partial charge on any atom is -0.377 e. The van der Waals surface area contributed by atoms with Crippen LogP contribution < -0.4 is 10.6 Å². The fourth-order valence-corrected chi connectivity index (χ4v) is 4.26. The Bertz CT molecular complexity index is 602. The Labute approximate surface area is 172 Å². The van der Waals surface area contributed by atoms with Crippen molar-refractivity contribution < 1.29 is 8.95 Å². The number of ether oxygens (including phenoxy) is 1. The van der Waals surface area contributed by atoms with Crippen LogP contribution in [0.5, 0.6) is 0 Å². The zero-order valence-corrected chi connectivity index (χ0v) is 18.3. The average Bonchev–Trinajstić information content (AvgIpc) is 2.69. The summed E-state index contributed by atoms with van der Waals surface area (Å²) in [4.78, 5) is 6.77. The van der Waals surface area contributed by atoms with Gasteiger partial charge in [0.2, 0.25) is 0 Å². The average molecular weight is 409 g/mol. The molecule has 2 N–H and O–H groups in total. The van der Waals surface area contributed by atoms with Gasteiger partial charge < -0.3 is 20.3 Å². The van der Waals surface area contributed by atoms with Crippen molar-refractivity contribution >= 4 is 16.8 Å². The number of hydrogen-bond donors (Lipinski definition) is 2. The Kier molecular flexibility index (Phi) is 10.5. The van der Waals surface area contributed by atoms with Crippen molar-refractivity contribution in [2.24, 2.45) is 4.99 Å². The molecule has 1 aromatic carbocycles. The minimum atomic E-state index is -0.872.